The van der Waals surface area contributed by atoms with Gasteiger partial charge in [-0.15, -0.1) is 0 Å². The highest BCUT2D eigenvalue weighted by Crippen LogP contribution is 2.10. The van der Waals surface area contributed by atoms with Crippen LogP contribution in [0.15, 0.2) is 54.6 Å². The minimum atomic E-state index is 0.0244. The van der Waals surface area contributed by atoms with Gasteiger partial charge in [-0.2, -0.15) is 0 Å². The van der Waals surface area contributed by atoms with Gasteiger partial charge in [0, 0.05) is 13.2 Å². The number of amides is 1. The summed E-state index contributed by atoms with van der Waals surface area (Å²) in [5, 5.41) is 12.0. The maximum Gasteiger partial charge on any atom is 0.224 e. The fourth-order valence-corrected chi connectivity index (χ4v) is 2.32. The predicted octanol–water partition coefficient (Wildman–Crippen LogP) is 2.12. The van der Waals surface area contributed by atoms with E-state index in [0.717, 1.165) is 17.5 Å². The lowest BCUT2D eigenvalue weighted by atomic mass is 10.0. The molecule has 0 spiro atoms. The summed E-state index contributed by atoms with van der Waals surface area (Å²) >= 11 is 0. The summed E-state index contributed by atoms with van der Waals surface area (Å²) in [6, 6.07) is 17.9. The number of carbonyl (C=O) groups is 1. The number of nitrogens with one attached hydrogen (secondary N) is 1. The first kappa shape index (κ1) is 15.3. The Labute approximate surface area is 125 Å². The summed E-state index contributed by atoms with van der Waals surface area (Å²) in [6.45, 7) is 0.748. The normalized spacial score (nSPS) is 10.3. The first-order valence-corrected chi connectivity index (χ1v) is 7.28. The van der Waals surface area contributed by atoms with Crippen LogP contribution in [0.2, 0.25) is 0 Å². The van der Waals surface area contributed by atoms with Crippen LogP contribution in [0, 0.1) is 0 Å². The van der Waals surface area contributed by atoms with Gasteiger partial charge >= 0.3 is 0 Å². The standard InChI is InChI=1S/C18H21NO2/c20-13-11-16-8-4-5-9-17(16)14-18(21)19-12-10-15-6-2-1-3-7-15/h1-9,20H,10-14H2,(H,19,21). The van der Waals surface area contributed by atoms with Crippen LogP contribution >= 0.6 is 0 Å². The van der Waals surface area contributed by atoms with E-state index in [9.17, 15) is 4.79 Å². The number of carbonyl (C=O) groups excluding carboxylic acids is 1. The SMILES string of the molecule is O=C(Cc1ccccc1CCO)NCCc1ccccc1. The molecule has 0 saturated heterocycles. The molecule has 0 radical (unpaired) electrons. The van der Waals surface area contributed by atoms with Crippen LogP contribution in [0.25, 0.3) is 0 Å². The Kier molecular flexibility index (Phi) is 5.98. The van der Waals surface area contributed by atoms with Crippen LogP contribution in [-0.4, -0.2) is 24.2 Å². The van der Waals surface area contributed by atoms with Gasteiger partial charge in [0.15, 0.2) is 0 Å². The molecule has 0 unspecified atom stereocenters. The molecule has 2 rings (SSSR count). The van der Waals surface area contributed by atoms with E-state index < -0.39 is 0 Å². The zero-order chi connectivity index (χ0) is 14.9. The van der Waals surface area contributed by atoms with Crippen molar-refractivity contribution in [2.45, 2.75) is 19.3 Å². The molecule has 2 aromatic rings. The molecule has 0 heterocycles. The minimum absolute atomic E-state index is 0.0244. The Morgan fingerprint density at radius 3 is 2.29 bits per heavy atom. The summed E-state index contributed by atoms with van der Waals surface area (Å²) in [4.78, 5) is 12.0. The summed E-state index contributed by atoms with van der Waals surface area (Å²) in [5.41, 5.74) is 3.25. The molecule has 2 aromatic carbocycles. The van der Waals surface area contributed by atoms with Crippen molar-refractivity contribution in [1.29, 1.82) is 0 Å². The van der Waals surface area contributed by atoms with E-state index in [1.807, 2.05) is 42.5 Å². The number of hydrogen-bond donors (Lipinski definition) is 2. The summed E-state index contributed by atoms with van der Waals surface area (Å²) in [5.74, 6) is 0.0244. The van der Waals surface area contributed by atoms with Gasteiger partial charge in [0.25, 0.3) is 0 Å². The van der Waals surface area contributed by atoms with Gasteiger partial charge in [0.2, 0.25) is 5.91 Å². The topological polar surface area (TPSA) is 49.3 Å². The third-order valence-electron chi connectivity index (χ3n) is 3.43. The van der Waals surface area contributed by atoms with E-state index in [0.29, 0.717) is 19.4 Å². The number of hydrogen-bond acceptors (Lipinski definition) is 2. The van der Waals surface area contributed by atoms with Crippen LogP contribution in [0.3, 0.4) is 0 Å². The number of rotatable bonds is 7. The Morgan fingerprint density at radius 2 is 1.57 bits per heavy atom. The van der Waals surface area contributed by atoms with E-state index >= 15 is 0 Å². The fraction of sp³-hybridized carbons (Fsp3) is 0.278. The monoisotopic (exact) mass is 283 g/mol. The van der Waals surface area contributed by atoms with Crippen molar-refractivity contribution in [2.75, 3.05) is 13.2 Å². The number of aliphatic hydroxyl groups excluding tert-OH is 1. The molecule has 0 aliphatic rings. The molecule has 21 heavy (non-hydrogen) atoms. The van der Waals surface area contributed by atoms with Crippen molar-refractivity contribution in [3.63, 3.8) is 0 Å². The van der Waals surface area contributed by atoms with Crippen molar-refractivity contribution in [1.82, 2.24) is 5.32 Å². The lowest BCUT2D eigenvalue weighted by Gasteiger charge is -2.09. The molecule has 0 saturated carbocycles. The molecule has 1 amide bonds. The largest absolute Gasteiger partial charge is 0.396 e. The van der Waals surface area contributed by atoms with Crippen LogP contribution in [0.1, 0.15) is 16.7 Å². The average Bonchev–Trinajstić information content (AvgIpc) is 2.50. The Hall–Kier alpha value is -2.13. The Morgan fingerprint density at radius 1 is 0.905 bits per heavy atom. The highest BCUT2D eigenvalue weighted by atomic mass is 16.3. The van der Waals surface area contributed by atoms with E-state index in [1.165, 1.54) is 5.56 Å². The molecule has 0 aromatic heterocycles. The first-order valence-electron chi connectivity index (χ1n) is 7.28. The molecule has 3 heteroatoms. The molecule has 0 aliphatic heterocycles. The van der Waals surface area contributed by atoms with E-state index in [2.05, 4.69) is 17.4 Å². The smallest absolute Gasteiger partial charge is 0.224 e. The van der Waals surface area contributed by atoms with E-state index in [-0.39, 0.29) is 12.5 Å². The van der Waals surface area contributed by atoms with Gasteiger partial charge in [-0.1, -0.05) is 54.6 Å². The predicted molar refractivity (Wildman–Crippen MR) is 84.1 cm³/mol. The molecule has 2 N–H and O–H groups in total. The highest BCUT2D eigenvalue weighted by Gasteiger charge is 2.07. The zero-order valence-corrected chi connectivity index (χ0v) is 12.1. The van der Waals surface area contributed by atoms with Crippen molar-refractivity contribution >= 4 is 5.91 Å². The van der Waals surface area contributed by atoms with Gasteiger partial charge in [-0.25, -0.2) is 0 Å². The minimum Gasteiger partial charge on any atom is -0.396 e. The molecule has 0 aliphatic carbocycles. The second-order valence-electron chi connectivity index (χ2n) is 5.00. The molecular formula is C18H21NO2. The summed E-state index contributed by atoms with van der Waals surface area (Å²) in [7, 11) is 0. The lowest BCUT2D eigenvalue weighted by molar-refractivity contribution is -0.120. The van der Waals surface area contributed by atoms with Crippen molar-refractivity contribution in [3.8, 4) is 0 Å². The molecular weight excluding hydrogens is 262 g/mol. The molecule has 0 fully saturated rings. The number of aliphatic hydroxyl groups is 1. The summed E-state index contributed by atoms with van der Waals surface area (Å²) in [6.07, 6.45) is 1.79. The average molecular weight is 283 g/mol. The van der Waals surface area contributed by atoms with E-state index in [1.54, 1.807) is 0 Å². The summed E-state index contributed by atoms with van der Waals surface area (Å²) < 4.78 is 0. The van der Waals surface area contributed by atoms with Gasteiger partial charge in [-0.3, -0.25) is 4.79 Å². The molecule has 110 valence electrons. The molecule has 0 bridgehead atoms. The second kappa shape index (κ2) is 8.22. The third kappa shape index (κ3) is 5.04. The first-order chi connectivity index (χ1) is 10.3. The lowest BCUT2D eigenvalue weighted by Crippen LogP contribution is -2.27. The maximum atomic E-state index is 12.0. The quantitative estimate of drug-likeness (QED) is 0.818. The van der Waals surface area contributed by atoms with Crippen molar-refractivity contribution in [3.05, 3.63) is 71.3 Å². The molecule has 3 nitrogen and oxygen atoms in total. The number of benzene rings is 2. The zero-order valence-electron chi connectivity index (χ0n) is 12.1. The van der Waals surface area contributed by atoms with Crippen LogP contribution < -0.4 is 5.32 Å². The van der Waals surface area contributed by atoms with Crippen LogP contribution in [0.4, 0.5) is 0 Å². The van der Waals surface area contributed by atoms with Gasteiger partial charge in [0.05, 0.1) is 6.42 Å². The van der Waals surface area contributed by atoms with Gasteiger partial charge in [-0.05, 0) is 29.5 Å². The Bertz CT molecular complexity index is 566. The second-order valence-corrected chi connectivity index (χ2v) is 5.00. The van der Waals surface area contributed by atoms with Crippen LogP contribution in [-0.2, 0) is 24.1 Å². The van der Waals surface area contributed by atoms with Crippen molar-refractivity contribution in [2.24, 2.45) is 0 Å². The van der Waals surface area contributed by atoms with Gasteiger partial charge in [0.1, 0.15) is 0 Å². The molecule has 0 atom stereocenters. The van der Waals surface area contributed by atoms with Crippen molar-refractivity contribution < 1.29 is 9.90 Å². The highest BCUT2D eigenvalue weighted by molar-refractivity contribution is 5.78. The van der Waals surface area contributed by atoms with E-state index in [4.69, 9.17) is 5.11 Å². The maximum absolute atomic E-state index is 12.0. The van der Waals surface area contributed by atoms with Gasteiger partial charge < -0.3 is 10.4 Å². The fourth-order valence-electron chi connectivity index (χ4n) is 2.32. The van der Waals surface area contributed by atoms with Crippen LogP contribution in [0.5, 0.6) is 0 Å². The Balaban J connectivity index is 1.82. The third-order valence-corrected chi connectivity index (χ3v) is 3.43.